The molecule has 0 saturated heterocycles. The molecule has 0 radical (unpaired) electrons. The van der Waals surface area contributed by atoms with Crippen molar-refractivity contribution in [3.8, 4) is 6.07 Å². The van der Waals surface area contributed by atoms with Crippen molar-refractivity contribution in [3.63, 3.8) is 0 Å². The van der Waals surface area contributed by atoms with E-state index in [1.54, 1.807) is 6.20 Å². The molecule has 25 heavy (non-hydrogen) atoms. The number of amides is 2. The summed E-state index contributed by atoms with van der Waals surface area (Å²) in [5, 5.41) is 15.3. The first-order chi connectivity index (χ1) is 12.2. The number of para-hydroxylation sites is 1. The van der Waals surface area contributed by atoms with Crippen LogP contribution in [0.5, 0.6) is 0 Å². The van der Waals surface area contributed by atoms with E-state index in [4.69, 9.17) is 5.26 Å². The number of fused-ring (bicyclic) bond motifs is 1. The van der Waals surface area contributed by atoms with Crippen LogP contribution in [0.25, 0.3) is 10.9 Å². The molecule has 1 aromatic heterocycles. The summed E-state index contributed by atoms with van der Waals surface area (Å²) < 4.78 is 13.1. The fourth-order valence-electron chi connectivity index (χ4n) is 2.56. The van der Waals surface area contributed by atoms with Crippen LogP contribution in [0.15, 0.2) is 54.7 Å². The second-order valence-corrected chi connectivity index (χ2v) is 5.42. The lowest BCUT2D eigenvalue weighted by Gasteiger charge is -2.10. The fourth-order valence-corrected chi connectivity index (χ4v) is 2.56. The van der Waals surface area contributed by atoms with Gasteiger partial charge in [0.05, 0.1) is 16.8 Å². The fraction of sp³-hybridized carbons (Fsp3) is 0.105. The van der Waals surface area contributed by atoms with Gasteiger partial charge in [-0.05, 0) is 36.2 Å². The quantitative estimate of drug-likeness (QED) is 0.765. The molecule has 124 valence electrons. The molecule has 2 N–H and O–H groups in total. The first-order valence-corrected chi connectivity index (χ1v) is 7.74. The summed E-state index contributed by atoms with van der Waals surface area (Å²) in [6, 6.07) is 14.8. The number of pyridine rings is 1. The smallest absolute Gasteiger partial charge is 0.319 e. The zero-order valence-electron chi connectivity index (χ0n) is 13.3. The summed E-state index contributed by atoms with van der Waals surface area (Å²) in [7, 11) is 0. The molecule has 3 aromatic rings. The molecule has 6 heteroatoms. The molecule has 0 spiro atoms. The van der Waals surface area contributed by atoms with Crippen molar-refractivity contribution in [3.05, 3.63) is 71.7 Å². The van der Waals surface area contributed by atoms with Crippen molar-refractivity contribution in [2.24, 2.45) is 0 Å². The molecule has 2 amide bonds. The minimum atomic E-state index is -0.522. The SMILES string of the molecule is N#Cc1cc(F)ccc1NC(=O)NCCc1cccc2cccnc12. The Bertz CT molecular complexity index is 960. The van der Waals surface area contributed by atoms with Crippen LogP contribution in [0.1, 0.15) is 11.1 Å². The summed E-state index contributed by atoms with van der Waals surface area (Å²) in [5.74, 6) is -0.522. The van der Waals surface area contributed by atoms with Gasteiger partial charge in [0.15, 0.2) is 0 Å². The highest BCUT2D eigenvalue weighted by Gasteiger charge is 2.08. The molecule has 0 atom stereocenters. The van der Waals surface area contributed by atoms with Crippen molar-refractivity contribution >= 4 is 22.6 Å². The Kier molecular flexibility index (Phi) is 4.86. The predicted molar refractivity (Wildman–Crippen MR) is 93.6 cm³/mol. The van der Waals surface area contributed by atoms with Gasteiger partial charge >= 0.3 is 6.03 Å². The number of benzene rings is 2. The third kappa shape index (κ3) is 3.90. The van der Waals surface area contributed by atoms with Crippen molar-refractivity contribution < 1.29 is 9.18 Å². The largest absolute Gasteiger partial charge is 0.338 e. The Morgan fingerprint density at radius 3 is 2.88 bits per heavy atom. The third-order valence-electron chi connectivity index (χ3n) is 3.75. The molecule has 2 aromatic carbocycles. The number of anilines is 1. The molecule has 0 aliphatic carbocycles. The average molecular weight is 334 g/mol. The maximum absolute atomic E-state index is 13.1. The number of nitrogens with one attached hydrogen (secondary N) is 2. The van der Waals surface area contributed by atoms with E-state index in [0.717, 1.165) is 22.5 Å². The van der Waals surface area contributed by atoms with Gasteiger partial charge in [-0.3, -0.25) is 4.98 Å². The lowest BCUT2D eigenvalue weighted by Crippen LogP contribution is -2.30. The molecule has 3 rings (SSSR count). The molecule has 5 nitrogen and oxygen atoms in total. The van der Waals surface area contributed by atoms with Crippen molar-refractivity contribution in [2.45, 2.75) is 6.42 Å². The van der Waals surface area contributed by atoms with E-state index in [-0.39, 0.29) is 11.3 Å². The minimum absolute atomic E-state index is 0.0772. The van der Waals surface area contributed by atoms with Gasteiger partial charge in [0.1, 0.15) is 11.9 Å². The van der Waals surface area contributed by atoms with Crippen LogP contribution in [0.2, 0.25) is 0 Å². The normalized spacial score (nSPS) is 10.2. The summed E-state index contributed by atoms with van der Waals surface area (Å²) in [4.78, 5) is 16.4. The van der Waals surface area contributed by atoms with Gasteiger partial charge in [0.25, 0.3) is 0 Å². The number of hydrogen-bond acceptors (Lipinski definition) is 3. The summed E-state index contributed by atoms with van der Waals surface area (Å²) >= 11 is 0. The number of nitrogens with zero attached hydrogens (tertiary/aromatic N) is 2. The number of aromatic nitrogens is 1. The summed E-state index contributed by atoms with van der Waals surface area (Å²) in [6.07, 6.45) is 2.36. The monoisotopic (exact) mass is 334 g/mol. The van der Waals surface area contributed by atoms with E-state index in [9.17, 15) is 9.18 Å². The number of nitriles is 1. The highest BCUT2D eigenvalue weighted by Crippen LogP contribution is 2.17. The molecule has 0 aliphatic rings. The van der Waals surface area contributed by atoms with Gasteiger partial charge in [0, 0.05) is 18.1 Å². The van der Waals surface area contributed by atoms with Gasteiger partial charge in [-0.25, -0.2) is 9.18 Å². The van der Waals surface area contributed by atoms with Gasteiger partial charge in [-0.15, -0.1) is 0 Å². The van der Waals surface area contributed by atoms with Crippen LogP contribution in [0.3, 0.4) is 0 Å². The maximum atomic E-state index is 13.1. The van der Waals surface area contributed by atoms with Crippen molar-refractivity contribution in [2.75, 3.05) is 11.9 Å². The molecular formula is C19H15FN4O. The Balaban J connectivity index is 1.61. The van der Waals surface area contributed by atoms with Gasteiger partial charge in [0.2, 0.25) is 0 Å². The topological polar surface area (TPSA) is 77.8 Å². The van der Waals surface area contributed by atoms with E-state index in [2.05, 4.69) is 15.6 Å². The Hall–Kier alpha value is -3.46. The van der Waals surface area contributed by atoms with Crippen LogP contribution >= 0.6 is 0 Å². The van der Waals surface area contributed by atoms with E-state index in [1.807, 2.05) is 36.4 Å². The zero-order valence-corrected chi connectivity index (χ0v) is 13.3. The van der Waals surface area contributed by atoms with Crippen molar-refractivity contribution in [1.29, 1.82) is 5.26 Å². The first-order valence-electron chi connectivity index (χ1n) is 7.74. The molecule has 0 fully saturated rings. The van der Waals surface area contributed by atoms with Crippen LogP contribution in [0.4, 0.5) is 14.9 Å². The van der Waals surface area contributed by atoms with Crippen LogP contribution in [-0.2, 0) is 6.42 Å². The van der Waals surface area contributed by atoms with Crippen LogP contribution < -0.4 is 10.6 Å². The molecular weight excluding hydrogens is 319 g/mol. The van der Waals surface area contributed by atoms with Crippen molar-refractivity contribution in [1.82, 2.24) is 10.3 Å². The number of rotatable bonds is 4. The standard InChI is InChI=1S/C19H15FN4O/c20-16-6-7-17(15(11-16)12-21)24-19(25)23-10-8-14-4-1-3-13-5-2-9-22-18(13)14/h1-7,9,11H,8,10H2,(H2,23,24,25). The minimum Gasteiger partial charge on any atom is -0.338 e. The lowest BCUT2D eigenvalue weighted by molar-refractivity contribution is 0.252. The van der Waals surface area contributed by atoms with E-state index < -0.39 is 11.8 Å². The van der Waals surface area contributed by atoms with Crippen LogP contribution in [0, 0.1) is 17.1 Å². The number of hydrogen-bond donors (Lipinski definition) is 2. The highest BCUT2D eigenvalue weighted by molar-refractivity contribution is 5.90. The number of urea groups is 1. The molecule has 0 saturated carbocycles. The first kappa shape index (κ1) is 16.4. The van der Waals surface area contributed by atoms with E-state index >= 15 is 0 Å². The van der Waals surface area contributed by atoms with E-state index in [0.29, 0.717) is 13.0 Å². The predicted octanol–water partition coefficient (Wildman–Crippen LogP) is 3.61. The van der Waals surface area contributed by atoms with Gasteiger partial charge in [-0.1, -0.05) is 24.3 Å². The highest BCUT2D eigenvalue weighted by atomic mass is 19.1. The lowest BCUT2D eigenvalue weighted by atomic mass is 10.1. The Labute approximate surface area is 144 Å². The number of carbonyl (C=O) groups excluding carboxylic acids is 1. The summed E-state index contributed by atoms with van der Waals surface area (Å²) in [5.41, 5.74) is 2.30. The van der Waals surface area contributed by atoms with Gasteiger partial charge < -0.3 is 10.6 Å². The Morgan fingerprint density at radius 1 is 1.20 bits per heavy atom. The van der Waals surface area contributed by atoms with E-state index in [1.165, 1.54) is 12.1 Å². The maximum Gasteiger partial charge on any atom is 0.319 e. The van der Waals surface area contributed by atoms with Gasteiger partial charge in [-0.2, -0.15) is 5.26 Å². The zero-order chi connectivity index (χ0) is 17.6. The molecule has 0 aliphatic heterocycles. The molecule has 0 bridgehead atoms. The second-order valence-electron chi connectivity index (χ2n) is 5.42. The molecule has 1 heterocycles. The molecule has 0 unspecified atom stereocenters. The average Bonchev–Trinajstić information content (AvgIpc) is 2.63. The Morgan fingerprint density at radius 2 is 2.04 bits per heavy atom. The number of halogens is 1. The summed E-state index contributed by atoms with van der Waals surface area (Å²) in [6.45, 7) is 0.407. The second kappa shape index (κ2) is 7.41. The van der Waals surface area contributed by atoms with Crippen LogP contribution in [-0.4, -0.2) is 17.6 Å². The number of carbonyl (C=O) groups is 1. The third-order valence-corrected chi connectivity index (χ3v) is 3.75.